The number of hydrogen-bond acceptors (Lipinski definition) is 4. The molecule has 2 aromatic rings. The van der Waals surface area contributed by atoms with Crippen molar-refractivity contribution in [3.05, 3.63) is 46.9 Å². The highest BCUT2D eigenvalue weighted by Gasteiger charge is 2.34. The van der Waals surface area contributed by atoms with Gasteiger partial charge < -0.3 is 4.74 Å². The number of benzene rings is 2. The second kappa shape index (κ2) is 6.69. The number of carbonyl (C=O) groups is 2. The Kier molecular flexibility index (Phi) is 4.62. The number of nitrogens with zero attached hydrogens (tertiary/aromatic N) is 1. The highest BCUT2D eigenvalue weighted by Crippen LogP contribution is 2.36. The predicted molar refractivity (Wildman–Crippen MR) is 98.1 cm³/mol. The van der Waals surface area contributed by atoms with E-state index in [4.69, 9.17) is 4.74 Å². The van der Waals surface area contributed by atoms with E-state index in [9.17, 15) is 9.59 Å². The van der Waals surface area contributed by atoms with Gasteiger partial charge in [-0.15, -0.1) is 0 Å². The fourth-order valence-electron chi connectivity index (χ4n) is 2.68. The second-order valence-corrected chi connectivity index (χ2v) is 6.78. The standard InChI is InChI=1S/C19H19NO3S/c1-4-20-18(21)17(24-19(20)22)11-15-14-8-6-5-7-13(14)9-10-16(15)23-12(2)3/h5-12H,4H2,1-3H3/b17-11+. The number of thioether (sulfide) groups is 1. The average Bonchev–Trinajstić information content (AvgIpc) is 2.82. The minimum Gasteiger partial charge on any atom is -0.490 e. The third-order valence-corrected chi connectivity index (χ3v) is 4.67. The van der Waals surface area contributed by atoms with Gasteiger partial charge in [0.25, 0.3) is 11.1 Å². The molecule has 4 nitrogen and oxygen atoms in total. The van der Waals surface area contributed by atoms with Crippen LogP contribution in [0.3, 0.4) is 0 Å². The maximum Gasteiger partial charge on any atom is 0.293 e. The van der Waals surface area contributed by atoms with Crippen LogP contribution in [0.15, 0.2) is 41.3 Å². The summed E-state index contributed by atoms with van der Waals surface area (Å²) in [5.41, 5.74) is 0.836. The van der Waals surface area contributed by atoms with E-state index in [2.05, 4.69) is 0 Å². The SMILES string of the molecule is CCN1C(=O)S/C(=C/c2c(OC(C)C)ccc3ccccc23)C1=O. The highest BCUT2D eigenvalue weighted by molar-refractivity contribution is 8.18. The molecule has 2 aromatic carbocycles. The van der Waals surface area contributed by atoms with Crippen molar-refractivity contribution in [2.75, 3.05) is 6.54 Å². The third-order valence-electron chi connectivity index (χ3n) is 3.76. The quantitative estimate of drug-likeness (QED) is 0.757. The van der Waals surface area contributed by atoms with E-state index >= 15 is 0 Å². The molecule has 0 aliphatic carbocycles. The van der Waals surface area contributed by atoms with Crippen LogP contribution in [0.25, 0.3) is 16.8 Å². The Morgan fingerprint density at radius 1 is 1.17 bits per heavy atom. The molecule has 2 amide bonds. The van der Waals surface area contributed by atoms with E-state index in [1.165, 1.54) is 4.90 Å². The van der Waals surface area contributed by atoms with Gasteiger partial charge in [0.1, 0.15) is 5.75 Å². The molecule has 124 valence electrons. The molecular weight excluding hydrogens is 322 g/mol. The van der Waals surface area contributed by atoms with Crippen LogP contribution >= 0.6 is 11.8 Å². The molecule has 1 aliphatic heterocycles. The lowest BCUT2D eigenvalue weighted by molar-refractivity contribution is -0.122. The Morgan fingerprint density at radius 2 is 1.92 bits per heavy atom. The molecular formula is C19H19NO3S. The normalized spacial score (nSPS) is 16.7. The largest absolute Gasteiger partial charge is 0.490 e. The van der Waals surface area contributed by atoms with Crippen LogP contribution in [-0.4, -0.2) is 28.7 Å². The Morgan fingerprint density at radius 3 is 2.58 bits per heavy atom. The summed E-state index contributed by atoms with van der Waals surface area (Å²) < 4.78 is 5.92. The molecule has 0 saturated carbocycles. The van der Waals surface area contributed by atoms with Gasteiger partial charge in [0, 0.05) is 12.1 Å². The van der Waals surface area contributed by atoms with Crippen molar-refractivity contribution in [1.29, 1.82) is 0 Å². The smallest absolute Gasteiger partial charge is 0.293 e. The van der Waals surface area contributed by atoms with Crippen LogP contribution in [0.4, 0.5) is 4.79 Å². The first-order valence-corrected chi connectivity index (χ1v) is 8.76. The second-order valence-electron chi connectivity index (χ2n) is 5.79. The van der Waals surface area contributed by atoms with Gasteiger partial charge in [0.2, 0.25) is 0 Å². The van der Waals surface area contributed by atoms with Crippen molar-refractivity contribution >= 4 is 39.8 Å². The molecule has 1 saturated heterocycles. The molecule has 1 aliphatic rings. The maximum absolute atomic E-state index is 12.4. The zero-order chi connectivity index (χ0) is 17.3. The van der Waals surface area contributed by atoms with Crippen LogP contribution in [0.2, 0.25) is 0 Å². The summed E-state index contributed by atoms with van der Waals surface area (Å²) in [4.78, 5) is 26.0. The van der Waals surface area contributed by atoms with Crippen LogP contribution in [0.5, 0.6) is 5.75 Å². The first-order valence-electron chi connectivity index (χ1n) is 7.95. The van der Waals surface area contributed by atoms with E-state index in [0.717, 1.165) is 28.1 Å². The number of carbonyl (C=O) groups excluding carboxylic acids is 2. The van der Waals surface area contributed by atoms with Crippen molar-refractivity contribution in [3.63, 3.8) is 0 Å². The lowest BCUT2D eigenvalue weighted by Crippen LogP contribution is -2.27. The molecule has 1 fully saturated rings. The number of likely N-dealkylation sites (N-methyl/N-ethyl adjacent to an activating group) is 1. The van der Waals surface area contributed by atoms with E-state index in [-0.39, 0.29) is 17.3 Å². The van der Waals surface area contributed by atoms with E-state index in [1.807, 2.05) is 50.2 Å². The lowest BCUT2D eigenvalue weighted by Gasteiger charge is -2.15. The molecule has 0 radical (unpaired) electrons. The molecule has 0 unspecified atom stereocenters. The summed E-state index contributed by atoms with van der Waals surface area (Å²) in [6.45, 7) is 6.10. The fraction of sp³-hybridized carbons (Fsp3) is 0.263. The van der Waals surface area contributed by atoms with Crippen molar-refractivity contribution in [2.24, 2.45) is 0 Å². The van der Waals surface area contributed by atoms with Crippen molar-refractivity contribution < 1.29 is 14.3 Å². The first kappa shape index (κ1) is 16.6. The number of fused-ring (bicyclic) bond motifs is 1. The van der Waals surface area contributed by atoms with Gasteiger partial charge in [-0.2, -0.15) is 0 Å². The summed E-state index contributed by atoms with van der Waals surface area (Å²) in [5.74, 6) is 0.475. The monoisotopic (exact) mass is 341 g/mol. The van der Waals surface area contributed by atoms with Crippen LogP contribution < -0.4 is 4.74 Å². The maximum atomic E-state index is 12.4. The molecule has 3 rings (SSSR count). The Bertz CT molecular complexity index is 842. The number of ether oxygens (including phenoxy) is 1. The molecule has 0 bridgehead atoms. The number of rotatable bonds is 4. The molecule has 0 aromatic heterocycles. The molecule has 5 heteroatoms. The number of imide groups is 1. The molecule has 0 N–H and O–H groups in total. The van der Waals surface area contributed by atoms with Crippen LogP contribution in [0.1, 0.15) is 26.3 Å². The Labute approximate surface area is 145 Å². The Hall–Kier alpha value is -2.27. The molecule has 0 atom stereocenters. The van der Waals surface area contributed by atoms with Gasteiger partial charge >= 0.3 is 0 Å². The lowest BCUT2D eigenvalue weighted by atomic mass is 10.0. The molecule has 1 heterocycles. The summed E-state index contributed by atoms with van der Waals surface area (Å²) in [7, 11) is 0. The average molecular weight is 341 g/mol. The summed E-state index contributed by atoms with van der Waals surface area (Å²) in [5, 5.41) is 1.84. The minimum atomic E-state index is -0.240. The zero-order valence-corrected chi connectivity index (χ0v) is 14.7. The highest BCUT2D eigenvalue weighted by atomic mass is 32.2. The zero-order valence-electron chi connectivity index (χ0n) is 13.9. The number of hydrogen-bond donors (Lipinski definition) is 0. The predicted octanol–water partition coefficient (Wildman–Crippen LogP) is 4.68. The van der Waals surface area contributed by atoms with Gasteiger partial charge in [0.05, 0.1) is 11.0 Å². The van der Waals surface area contributed by atoms with Crippen LogP contribution in [-0.2, 0) is 4.79 Å². The van der Waals surface area contributed by atoms with E-state index in [0.29, 0.717) is 17.2 Å². The third kappa shape index (κ3) is 3.04. The van der Waals surface area contributed by atoms with Crippen molar-refractivity contribution in [2.45, 2.75) is 26.9 Å². The molecule has 0 spiro atoms. The topological polar surface area (TPSA) is 46.6 Å². The van der Waals surface area contributed by atoms with E-state index < -0.39 is 0 Å². The van der Waals surface area contributed by atoms with Crippen LogP contribution in [0, 0.1) is 0 Å². The van der Waals surface area contributed by atoms with Gasteiger partial charge in [-0.3, -0.25) is 14.5 Å². The van der Waals surface area contributed by atoms with Crippen molar-refractivity contribution in [1.82, 2.24) is 4.90 Å². The Balaban J connectivity index is 2.15. The summed E-state index contributed by atoms with van der Waals surface area (Å²) in [6.07, 6.45) is 1.80. The minimum absolute atomic E-state index is 0.0176. The van der Waals surface area contributed by atoms with Gasteiger partial charge in [0.15, 0.2) is 0 Å². The fourth-order valence-corrected chi connectivity index (χ4v) is 3.57. The van der Waals surface area contributed by atoms with E-state index in [1.54, 1.807) is 13.0 Å². The first-order chi connectivity index (χ1) is 11.5. The summed E-state index contributed by atoms with van der Waals surface area (Å²) >= 11 is 0.980. The number of amides is 2. The van der Waals surface area contributed by atoms with Gasteiger partial charge in [-0.05, 0) is 55.4 Å². The molecule has 24 heavy (non-hydrogen) atoms. The van der Waals surface area contributed by atoms with Gasteiger partial charge in [-0.1, -0.05) is 30.3 Å². The summed E-state index contributed by atoms with van der Waals surface area (Å²) in [6, 6.07) is 11.9. The van der Waals surface area contributed by atoms with Crippen molar-refractivity contribution in [3.8, 4) is 5.75 Å². The van der Waals surface area contributed by atoms with Gasteiger partial charge in [-0.25, -0.2) is 0 Å².